The van der Waals surface area contributed by atoms with E-state index in [9.17, 15) is 14.3 Å². The smallest absolute Gasteiger partial charge is 0.345 e. The molecule has 15 nitrogen and oxygen atoms in total. The van der Waals surface area contributed by atoms with Crippen LogP contribution >= 0.6 is 34.5 Å². The molecule has 0 spiro atoms. The lowest BCUT2D eigenvalue weighted by Crippen LogP contribution is -2.49. The number of likely N-dealkylation sites (N-methyl/N-ethyl adjacent to an activating group) is 1. The second-order valence-electron chi connectivity index (χ2n) is 19.5. The van der Waals surface area contributed by atoms with Crippen LogP contribution in [-0.4, -0.2) is 144 Å². The van der Waals surface area contributed by atoms with E-state index in [4.69, 9.17) is 61.3 Å². The highest BCUT2D eigenvalue weighted by molar-refractivity contribution is 7.22. The van der Waals surface area contributed by atoms with E-state index in [0.717, 1.165) is 26.2 Å². The molecule has 3 fully saturated rings. The first-order valence-corrected chi connectivity index (χ1v) is 26.5. The quantitative estimate of drug-likeness (QED) is 0.123. The van der Waals surface area contributed by atoms with Crippen molar-refractivity contribution in [2.45, 2.75) is 82.5 Å². The van der Waals surface area contributed by atoms with Crippen LogP contribution < -0.4 is 18.9 Å². The molecule has 4 bridgehead atoms. The molecule has 2 saturated heterocycles. The Bertz CT molecular complexity index is 2940. The number of hydrogen-bond donors (Lipinski definition) is 1. The normalized spacial score (nSPS) is 22.9. The molecule has 1 saturated carbocycles. The molecule has 1 aliphatic carbocycles. The molecule has 1 N–H and O–H groups in total. The summed E-state index contributed by atoms with van der Waals surface area (Å²) in [4.78, 5) is 37.8. The minimum Gasteiger partial charge on any atom is -0.490 e. The molecular formula is C54H58Cl2F2N6O9S. The van der Waals surface area contributed by atoms with Gasteiger partial charge < -0.3 is 43.2 Å². The maximum atomic E-state index is 15.9. The minimum absolute atomic E-state index is 0.00668. The second kappa shape index (κ2) is 22.9. The number of rotatable bonds is 12. The third kappa shape index (κ3) is 11.7. The van der Waals surface area contributed by atoms with Crippen molar-refractivity contribution in [3.8, 4) is 44.7 Å². The van der Waals surface area contributed by atoms with Crippen LogP contribution in [0.2, 0.25) is 10.0 Å². The molecule has 7 heterocycles. The third-order valence-electron chi connectivity index (χ3n) is 14.3. The molecule has 3 atom stereocenters. The molecule has 11 rings (SSSR count). The highest BCUT2D eigenvalue weighted by atomic mass is 35.5. The van der Waals surface area contributed by atoms with Gasteiger partial charge in [0.15, 0.2) is 5.75 Å². The summed E-state index contributed by atoms with van der Waals surface area (Å²) in [5, 5.41) is 11.9. The number of benzene rings is 3. The number of piperazine rings is 1. The van der Waals surface area contributed by atoms with Gasteiger partial charge in [-0.2, -0.15) is 0 Å². The fraction of sp³-hybridized carbons (Fsp3) is 0.463. The standard InChI is InChI=1S/C54H58Cl2F2N6O9S/c1-31-43-32(2)47(56)48(46(31)55)72-39(24-64-18-16-63(3)17-19-64)28-70-38-8-9-41(71-25-37-12-15-59-50(62-37)34-10-13-54(58,14-11-34)29-68-27-40-26-67-20-21-69-40)35(22-38)23-42(53(65)66)73-51-45-44(43)49(74-52(45)61-30-60-51)33-4-6-36(57)7-5-33/h4-9,12,15,22,30,34,39-40,42H,10-11,13-14,16-21,23-29H2,1-3H3,(H,65,66)/t34-,39-,40+,42-,54+/m1/s1. The summed E-state index contributed by atoms with van der Waals surface area (Å²) in [6, 6.07) is 13.1. The Balaban J connectivity index is 0.969. The molecular weight excluding hydrogens is 1020 g/mol. The molecule has 3 aromatic carbocycles. The Morgan fingerprint density at radius 3 is 2.43 bits per heavy atom. The summed E-state index contributed by atoms with van der Waals surface area (Å²) in [5.74, 6) is 0.0324. The van der Waals surface area contributed by atoms with Crippen LogP contribution in [0.3, 0.4) is 0 Å². The highest BCUT2D eigenvalue weighted by Crippen LogP contribution is 2.53. The van der Waals surface area contributed by atoms with Crippen molar-refractivity contribution in [2.24, 2.45) is 0 Å². The Kier molecular flexibility index (Phi) is 16.1. The lowest BCUT2D eigenvalue weighted by molar-refractivity contribution is -0.145. The average Bonchev–Trinajstić information content (AvgIpc) is 3.79. The lowest BCUT2D eigenvalue weighted by Gasteiger charge is -2.35. The first-order valence-electron chi connectivity index (χ1n) is 24.9. The first-order chi connectivity index (χ1) is 35.8. The van der Waals surface area contributed by atoms with Gasteiger partial charge in [0.05, 0.1) is 54.2 Å². The van der Waals surface area contributed by atoms with Crippen molar-refractivity contribution in [2.75, 3.05) is 79.4 Å². The topological polar surface area (TPSA) is 160 Å². The zero-order chi connectivity index (χ0) is 51.5. The number of carboxylic acid groups (broad SMARTS) is 1. The zero-order valence-electron chi connectivity index (χ0n) is 41.4. The summed E-state index contributed by atoms with van der Waals surface area (Å²) < 4.78 is 73.5. The molecule has 3 aromatic heterocycles. The monoisotopic (exact) mass is 1070 g/mol. The summed E-state index contributed by atoms with van der Waals surface area (Å²) in [6.45, 7) is 9.57. The zero-order valence-corrected chi connectivity index (χ0v) is 43.7. The molecule has 74 heavy (non-hydrogen) atoms. The van der Waals surface area contributed by atoms with Crippen LogP contribution in [0.15, 0.2) is 61.1 Å². The van der Waals surface area contributed by atoms with Crippen LogP contribution in [-0.2, 0) is 32.0 Å². The van der Waals surface area contributed by atoms with Gasteiger partial charge in [-0.1, -0.05) is 35.3 Å². The fourth-order valence-electron chi connectivity index (χ4n) is 10.1. The van der Waals surface area contributed by atoms with Gasteiger partial charge in [-0.25, -0.2) is 33.5 Å². The fourth-order valence-corrected chi connectivity index (χ4v) is 11.8. The Morgan fingerprint density at radius 2 is 1.70 bits per heavy atom. The maximum absolute atomic E-state index is 15.9. The van der Waals surface area contributed by atoms with Gasteiger partial charge >= 0.3 is 5.97 Å². The van der Waals surface area contributed by atoms with Crippen LogP contribution in [0, 0.1) is 19.7 Å². The van der Waals surface area contributed by atoms with E-state index >= 15 is 4.39 Å². The van der Waals surface area contributed by atoms with E-state index in [1.807, 2.05) is 13.8 Å². The van der Waals surface area contributed by atoms with Crippen molar-refractivity contribution >= 4 is 50.7 Å². The number of fused-ring (bicyclic) bond motifs is 7. The van der Waals surface area contributed by atoms with Crippen molar-refractivity contribution in [1.82, 2.24) is 29.7 Å². The average molecular weight is 1080 g/mol. The molecule has 20 heteroatoms. The maximum Gasteiger partial charge on any atom is 0.345 e. The largest absolute Gasteiger partial charge is 0.490 e. The molecule has 0 radical (unpaired) electrons. The van der Waals surface area contributed by atoms with E-state index in [1.54, 1.807) is 42.6 Å². The van der Waals surface area contributed by atoms with Crippen LogP contribution in [0.1, 0.15) is 59.8 Å². The van der Waals surface area contributed by atoms with Gasteiger partial charge in [0, 0.05) is 67.3 Å². The van der Waals surface area contributed by atoms with Gasteiger partial charge in [-0.05, 0) is 105 Å². The number of carbonyl (C=O) groups is 1. The van der Waals surface area contributed by atoms with Crippen LogP contribution in [0.25, 0.3) is 31.8 Å². The lowest BCUT2D eigenvalue weighted by atomic mass is 9.80. The number of nitrogens with zero attached hydrogens (tertiary/aromatic N) is 6. The first kappa shape index (κ1) is 52.1. The van der Waals surface area contributed by atoms with E-state index in [-0.39, 0.29) is 60.8 Å². The van der Waals surface area contributed by atoms with Crippen molar-refractivity contribution < 1.29 is 51.8 Å². The number of ether oxygens (including phenoxy) is 7. The number of carboxylic acids is 1. The Morgan fingerprint density at radius 1 is 0.932 bits per heavy atom. The summed E-state index contributed by atoms with van der Waals surface area (Å²) in [7, 11) is 2.10. The summed E-state index contributed by atoms with van der Waals surface area (Å²) >= 11 is 16.0. The van der Waals surface area contributed by atoms with Crippen LogP contribution in [0.5, 0.6) is 23.1 Å². The Labute approximate surface area is 442 Å². The van der Waals surface area contributed by atoms with Gasteiger partial charge in [0.2, 0.25) is 12.0 Å². The highest BCUT2D eigenvalue weighted by Gasteiger charge is 2.38. The van der Waals surface area contributed by atoms with Gasteiger partial charge in [0.25, 0.3) is 0 Å². The molecule has 5 aliphatic rings. The number of halogens is 4. The predicted octanol–water partition coefficient (Wildman–Crippen LogP) is 9.72. The van der Waals surface area contributed by atoms with Crippen molar-refractivity contribution in [3.63, 3.8) is 0 Å². The molecule has 392 valence electrons. The molecule has 4 aliphatic heterocycles. The van der Waals surface area contributed by atoms with E-state index in [2.05, 4.69) is 31.8 Å². The summed E-state index contributed by atoms with van der Waals surface area (Å²) in [6.07, 6.45) is 2.34. The Hall–Kier alpha value is -5.31. The van der Waals surface area contributed by atoms with Crippen LogP contribution in [0.4, 0.5) is 8.78 Å². The minimum atomic E-state index is -1.49. The van der Waals surface area contributed by atoms with E-state index in [0.29, 0.717) is 129 Å². The van der Waals surface area contributed by atoms with E-state index in [1.165, 1.54) is 29.8 Å². The molecule has 0 unspecified atom stereocenters. The number of thiophene rings is 1. The predicted molar refractivity (Wildman–Crippen MR) is 277 cm³/mol. The van der Waals surface area contributed by atoms with Gasteiger partial charge in [-0.15, -0.1) is 11.3 Å². The number of aromatic nitrogens is 4. The third-order valence-corrected chi connectivity index (χ3v) is 16.3. The number of aliphatic carboxylic acids is 1. The van der Waals surface area contributed by atoms with E-state index < -0.39 is 29.7 Å². The number of alkyl halides is 1. The second-order valence-corrected chi connectivity index (χ2v) is 21.3. The van der Waals surface area contributed by atoms with Gasteiger partial charge in [-0.3, -0.25) is 4.90 Å². The molecule has 6 aromatic rings. The van der Waals surface area contributed by atoms with Gasteiger partial charge in [0.1, 0.15) is 65.4 Å². The molecule has 0 amide bonds. The summed E-state index contributed by atoms with van der Waals surface area (Å²) in [5.41, 5.74) is 2.84. The van der Waals surface area contributed by atoms with Crippen molar-refractivity contribution in [1.29, 1.82) is 0 Å². The number of hydrogen-bond acceptors (Lipinski definition) is 15. The van der Waals surface area contributed by atoms with Crippen molar-refractivity contribution in [3.05, 3.63) is 105 Å². The SMILES string of the molecule is Cc1c(Cl)c2c(Cl)c(C)c1-c1c(-c3ccc(F)cc3)sc3ncnc(c13)O[C@@H](C(=O)O)Cc1cc(ccc1OCc1ccnc([C@H]3CC[C@](F)(COC[C@@H]4COCCO4)CC3)n1)OC[C@@H](CN1CCN(C)CC1)O2.